The zero-order valence-electron chi connectivity index (χ0n) is 15.6. The molecule has 0 aliphatic carbocycles. The Morgan fingerprint density at radius 1 is 0.333 bits per heavy atom. The van der Waals surface area contributed by atoms with Gasteiger partial charge in [-0.25, -0.2) is 0 Å². The van der Waals surface area contributed by atoms with Gasteiger partial charge >= 0.3 is 0 Å². The van der Waals surface area contributed by atoms with Crippen molar-refractivity contribution in [3.05, 3.63) is 70.1 Å². The number of fused-ring (bicyclic) bond motifs is 13. The number of hydrogen-bond acceptors (Lipinski definition) is 4. The molecule has 0 amide bonds. The summed E-state index contributed by atoms with van der Waals surface area (Å²) in [5, 5.41) is 22.7. The topological polar surface area (TPSA) is 0 Å². The van der Waals surface area contributed by atoms with Gasteiger partial charge in [-0.2, -0.15) is 0 Å². The highest BCUT2D eigenvalue weighted by Crippen LogP contribution is 2.45. The van der Waals surface area contributed by atoms with E-state index in [4.69, 9.17) is 0 Å². The highest BCUT2D eigenvalue weighted by molar-refractivity contribution is 7.26. The fourth-order valence-electron chi connectivity index (χ4n) is 5.03. The normalized spacial score (nSPS) is 12.7. The van der Waals surface area contributed by atoms with Crippen molar-refractivity contribution in [3.8, 4) is 0 Å². The van der Waals surface area contributed by atoms with Gasteiger partial charge in [0.25, 0.3) is 0 Å². The highest BCUT2D eigenvalue weighted by atomic mass is 32.1. The fraction of sp³-hybridized carbons (Fsp3) is 0. The molecule has 0 nitrogen and oxygen atoms in total. The summed E-state index contributed by atoms with van der Waals surface area (Å²) in [7, 11) is 0. The molecule has 0 saturated carbocycles. The van der Waals surface area contributed by atoms with Crippen molar-refractivity contribution in [2.24, 2.45) is 0 Å². The maximum absolute atomic E-state index is 2.42. The van der Waals surface area contributed by atoms with E-state index in [9.17, 15) is 0 Å². The van der Waals surface area contributed by atoms with Crippen molar-refractivity contribution in [1.29, 1.82) is 0 Å². The van der Waals surface area contributed by atoms with Crippen LogP contribution in [-0.2, 0) is 0 Å². The summed E-state index contributed by atoms with van der Waals surface area (Å²) in [6.45, 7) is 0. The van der Waals surface area contributed by atoms with Gasteiger partial charge in [0.15, 0.2) is 0 Å². The number of thiophene rings is 4. The lowest BCUT2D eigenvalue weighted by molar-refractivity contribution is 1.92. The van der Waals surface area contributed by atoms with E-state index in [0.717, 1.165) is 0 Å². The van der Waals surface area contributed by atoms with Crippen LogP contribution in [0.15, 0.2) is 70.1 Å². The second kappa shape index (κ2) is 5.59. The van der Waals surface area contributed by atoms with Gasteiger partial charge in [-0.15, -0.1) is 45.3 Å². The second-order valence-electron chi connectivity index (χ2n) is 7.80. The molecule has 0 radical (unpaired) electrons. The molecule has 0 aliphatic heterocycles. The van der Waals surface area contributed by atoms with Gasteiger partial charge in [0.05, 0.1) is 18.8 Å². The Balaban J connectivity index is 1.65. The predicted molar refractivity (Wildman–Crippen MR) is 140 cm³/mol. The van der Waals surface area contributed by atoms with Crippen LogP contribution in [0.1, 0.15) is 0 Å². The zero-order chi connectivity index (χ0) is 19.4. The SMILES string of the molecule is c1cc2c3cc4cc5c(cc4cc3c3ccsc3c2s1)c1ccsc1c1sccc51. The van der Waals surface area contributed by atoms with Crippen LogP contribution in [0, 0.1) is 0 Å². The Kier molecular flexibility index (Phi) is 3.03. The van der Waals surface area contributed by atoms with Crippen LogP contribution in [0.3, 0.4) is 0 Å². The molecular weight excluding hydrogens is 441 g/mol. The van der Waals surface area contributed by atoms with E-state index in [2.05, 4.69) is 70.1 Å². The largest absolute Gasteiger partial charge is 0.142 e. The lowest BCUT2D eigenvalue weighted by Gasteiger charge is -2.10. The standard InChI is InChI=1S/C26H12S4/c1-5-27-23-15(1)19-9-13-11-21-17-3-7-29-25(17)26-18(4-8-30-26)22(21)12-14(13)10-20(19)16-2-6-28-24(16)23/h1-12H. The van der Waals surface area contributed by atoms with Crippen molar-refractivity contribution < 1.29 is 0 Å². The van der Waals surface area contributed by atoms with Crippen LogP contribution < -0.4 is 0 Å². The first-order valence-corrected chi connectivity index (χ1v) is 13.3. The molecule has 4 aromatic carbocycles. The summed E-state index contributed by atoms with van der Waals surface area (Å²) >= 11 is 7.45. The molecule has 0 saturated heterocycles. The van der Waals surface area contributed by atoms with E-state index in [0.29, 0.717) is 0 Å². The Hall–Kier alpha value is -2.50. The zero-order valence-corrected chi connectivity index (χ0v) is 18.8. The minimum atomic E-state index is 1.33. The van der Waals surface area contributed by atoms with Crippen LogP contribution in [-0.4, -0.2) is 0 Å². The molecule has 0 spiro atoms. The third kappa shape index (κ3) is 1.91. The summed E-state index contributed by atoms with van der Waals surface area (Å²) in [6, 6.07) is 18.9. The van der Waals surface area contributed by atoms with E-state index in [1.165, 1.54) is 72.7 Å². The molecule has 4 heteroatoms. The van der Waals surface area contributed by atoms with Crippen molar-refractivity contribution in [1.82, 2.24) is 0 Å². The van der Waals surface area contributed by atoms with Crippen LogP contribution >= 0.6 is 45.3 Å². The molecule has 8 aromatic rings. The minimum Gasteiger partial charge on any atom is -0.142 e. The smallest absolute Gasteiger partial charge is 0.0527 e. The molecule has 8 rings (SSSR count). The average molecular weight is 453 g/mol. The van der Waals surface area contributed by atoms with Gasteiger partial charge in [0.1, 0.15) is 0 Å². The Morgan fingerprint density at radius 2 is 0.600 bits per heavy atom. The third-order valence-corrected chi connectivity index (χ3v) is 10.3. The van der Waals surface area contributed by atoms with Gasteiger partial charge in [-0.05, 0) is 102 Å². The van der Waals surface area contributed by atoms with Gasteiger partial charge in [0, 0.05) is 21.5 Å². The summed E-state index contributed by atoms with van der Waals surface area (Å²) in [5.41, 5.74) is 0. The van der Waals surface area contributed by atoms with Gasteiger partial charge in [0.2, 0.25) is 0 Å². The maximum Gasteiger partial charge on any atom is 0.0527 e. The Labute approximate surface area is 187 Å². The summed E-state index contributed by atoms with van der Waals surface area (Å²) in [5.74, 6) is 0. The van der Waals surface area contributed by atoms with Crippen LogP contribution in [0.25, 0.3) is 72.7 Å². The lowest BCUT2D eigenvalue weighted by atomic mass is 9.95. The summed E-state index contributed by atoms with van der Waals surface area (Å²) < 4.78 is 5.70. The lowest BCUT2D eigenvalue weighted by Crippen LogP contribution is -1.82. The van der Waals surface area contributed by atoms with Gasteiger partial charge in [-0.1, -0.05) is 0 Å². The first-order valence-electron chi connectivity index (χ1n) is 9.81. The minimum absolute atomic E-state index is 1.33. The molecule has 0 fully saturated rings. The van der Waals surface area contributed by atoms with Crippen molar-refractivity contribution in [2.75, 3.05) is 0 Å². The Morgan fingerprint density at radius 3 is 0.867 bits per heavy atom. The molecule has 4 heterocycles. The fourth-order valence-corrected chi connectivity index (χ4v) is 9.06. The molecule has 0 bridgehead atoms. The molecule has 0 unspecified atom stereocenters. The predicted octanol–water partition coefficient (Wildman–Crippen LogP) is 10.0. The van der Waals surface area contributed by atoms with E-state index in [-0.39, 0.29) is 0 Å². The van der Waals surface area contributed by atoms with Gasteiger partial charge in [-0.3, -0.25) is 0 Å². The van der Waals surface area contributed by atoms with E-state index < -0.39 is 0 Å². The molecular formula is C26H12S4. The van der Waals surface area contributed by atoms with Crippen molar-refractivity contribution in [2.45, 2.75) is 0 Å². The van der Waals surface area contributed by atoms with Crippen molar-refractivity contribution in [3.63, 3.8) is 0 Å². The molecule has 0 atom stereocenters. The molecule has 140 valence electrons. The van der Waals surface area contributed by atoms with Crippen LogP contribution in [0.2, 0.25) is 0 Å². The van der Waals surface area contributed by atoms with Crippen LogP contribution in [0.4, 0.5) is 0 Å². The van der Waals surface area contributed by atoms with E-state index >= 15 is 0 Å². The number of benzene rings is 4. The monoisotopic (exact) mass is 452 g/mol. The molecule has 0 N–H and O–H groups in total. The second-order valence-corrected chi connectivity index (χ2v) is 11.5. The Bertz CT molecular complexity index is 1670. The molecule has 30 heavy (non-hydrogen) atoms. The van der Waals surface area contributed by atoms with E-state index in [1.807, 2.05) is 45.3 Å². The van der Waals surface area contributed by atoms with Crippen LogP contribution in [0.5, 0.6) is 0 Å². The van der Waals surface area contributed by atoms with Crippen molar-refractivity contribution >= 4 is 118 Å². The summed E-state index contributed by atoms with van der Waals surface area (Å²) in [4.78, 5) is 0. The van der Waals surface area contributed by atoms with Gasteiger partial charge < -0.3 is 0 Å². The maximum atomic E-state index is 2.42. The van der Waals surface area contributed by atoms with E-state index in [1.54, 1.807) is 0 Å². The number of rotatable bonds is 0. The quantitative estimate of drug-likeness (QED) is 0.201. The first-order chi connectivity index (χ1) is 14.9. The highest BCUT2D eigenvalue weighted by Gasteiger charge is 2.15. The molecule has 4 aromatic heterocycles. The first kappa shape index (κ1) is 16.2. The third-order valence-electron chi connectivity index (χ3n) is 6.35. The average Bonchev–Trinajstić information content (AvgIpc) is 3.55. The molecule has 0 aliphatic rings. The summed E-state index contributed by atoms with van der Waals surface area (Å²) in [6.07, 6.45) is 0. The number of hydrogen-bond donors (Lipinski definition) is 0.